The number of benzene rings is 1. The van der Waals surface area contributed by atoms with Crippen molar-refractivity contribution in [1.29, 1.82) is 0 Å². The molecule has 0 fully saturated rings. The molecule has 0 radical (unpaired) electrons. The number of carbonyl (C=O) groups excluding carboxylic acids is 2. The van der Waals surface area contributed by atoms with Crippen molar-refractivity contribution in [3.05, 3.63) is 61.0 Å². The highest BCUT2D eigenvalue weighted by Gasteiger charge is 2.25. The number of nitrogens with zero attached hydrogens (tertiary/aromatic N) is 1. The zero-order valence-electron chi connectivity index (χ0n) is 13.5. The van der Waals surface area contributed by atoms with E-state index in [1.807, 2.05) is 0 Å². The third-order valence-corrected chi connectivity index (χ3v) is 5.53. The number of nitrogens with one attached hydrogen (secondary N) is 1. The number of nitrogens with two attached hydrogens (primary N) is 1. The van der Waals surface area contributed by atoms with E-state index in [2.05, 4.69) is 5.32 Å². The van der Waals surface area contributed by atoms with Gasteiger partial charge in [-0.3, -0.25) is 19.7 Å². The highest BCUT2D eigenvalue weighted by molar-refractivity contribution is 7.17. The Morgan fingerprint density at radius 2 is 2.12 bits per heavy atom. The Morgan fingerprint density at radius 3 is 2.81 bits per heavy atom. The molecule has 0 bridgehead atoms. The van der Waals surface area contributed by atoms with Crippen molar-refractivity contribution in [2.24, 2.45) is 5.73 Å². The van der Waals surface area contributed by atoms with E-state index in [0.717, 1.165) is 29.7 Å². The van der Waals surface area contributed by atoms with E-state index in [9.17, 15) is 19.7 Å². The topological polar surface area (TPSA) is 115 Å². The van der Waals surface area contributed by atoms with E-state index in [4.69, 9.17) is 17.3 Å². The van der Waals surface area contributed by atoms with Crippen LogP contribution >= 0.6 is 22.9 Å². The van der Waals surface area contributed by atoms with E-state index < -0.39 is 16.7 Å². The van der Waals surface area contributed by atoms with Crippen LogP contribution in [0.1, 0.15) is 32.8 Å². The van der Waals surface area contributed by atoms with Crippen LogP contribution in [0, 0.1) is 10.1 Å². The zero-order chi connectivity index (χ0) is 18.8. The third kappa shape index (κ3) is 3.61. The van der Waals surface area contributed by atoms with Gasteiger partial charge in [-0.2, -0.15) is 0 Å². The lowest BCUT2D eigenvalue weighted by Gasteiger charge is -2.03. The van der Waals surface area contributed by atoms with Gasteiger partial charge in [-0.25, -0.2) is 0 Å². The first-order valence-corrected chi connectivity index (χ1v) is 8.93. The van der Waals surface area contributed by atoms with Gasteiger partial charge in [0, 0.05) is 17.0 Å². The van der Waals surface area contributed by atoms with Crippen LogP contribution in [0.4, 0.5) is 10.7 Å². The fourth-order valence-electron chi connectivity index (χ4n) is 2.85. The van der Waals surface area contributed by atoms with Gasteiger partial charge in [-0.05, 0) is 42.5 Å². The fourth-order valence-corrected chi connectivity index (χ4v) is 4.34. The molecule has 1 aliphatic carbocycles. The first kappa shape index (κ1) is 18.1. The molecule has 0 saturated heterocycles. The number of anilines is 1. The minimum Gasteiger partial charge on any atom is -0.365 e. The van der Waals surface area contributed by atoms with Crippen molar-refractivity contribution in [1.82, 2.24) is 0 Å². The molecular formula is C17H14ClN3O4S. The minimum atomic E-state index is -0.591. The van der Waals surface area contributed by atoms with E-state index in [-0.39, 0.29) is 10.7 Å². The van der Waals surface area contributed by atoms with Crippen molar-refractivity contribution in [2.75, 3.05) is 5.32 Å². The minimum absolute atomic E-state index is 0.0239. The van der Waals surface area contributed by atoms with Crippen molar-refractivity contribution in [2.45, 2.75) is 19.3 Å². The van der Waals surface area contributed by atoms with Crippen LogP contribution in [0.2, 0.25) is 5.02 Å². The molecule has 0 atom stereocenters. The third-order valence-electron chi connectivity index (χ3n) is 4.00. The summed E-state index contributed by atoms with van der Waals surface area (Å²) in [6.07, 6.45) is 5.31. The Balaban J connectivity index is 1.78. The van der Waals surface area contributed by atoms with Gasteiger partial charge in [0.15, 0.2) is 0 Å². The maximum Gasteiger partial charge on any atom is 0.288 e. The van der Waals surface area contributed by atoms with E-state index in [1.165, 1.54) is 35.6 Å². The number of hydrogen-bond donors (Lipinski definition) is 2. The maximum absolute atomic E-state index is 12.2. The first-order chi connectivity index (χ1) is 12.4. The van der Waals surface area contributed by atoms with Gasteiger partial charge >= 0.3 is 0 Å². The number of thiophene rings is 1. The second kappa shape index (κ2) is 7.27. The normalized spacial score (nSPS) is 13.0. The Hall–Kier alpha value is -2.71. The van der Waals surface area contributed by atoms with E-state index in [1.54, 1.807) is 6.07 Å². The summed E-state index contributed by atoms with van der Waals surface area (Å²) in [6, 6.07) is 4.24. The van der Waals surface area contributed by atoms with Gasteiger partial charge in [0.05, 0.1) is 10.5 Å². The molecule has 0 saturated carbocycles. The molecular weight excluding hydrogens is 378 g/mol. The molecule has 1 heterocycles. The number of amides is 2. The molecule has 134 valence electrons. The monoisotopic (exact) mass is 391 g/mol. The molecule has 0 unspecified atom stereocenters. The summed E-state index contributed by atoms with van der Waals surface area (Å²) >= 11 is 7.12. The predicted octanol–water partition coefficient (Wildman–Crippen LogP) is 3.55. The second-order valence-electron chi connectivity index (χ2n) is 5.72. The van der Waals surface area contributed by atoms with Crippen molar-refractivity contribution in [3.8, 4) is 0 Å². The molecule has 2 aromatic rings. The van der Waals surface area contributed by atoms with E-state index in [0.29, 0.717) is 16.1 Å². The van der Waals surface area contributed by atoms with Crippen LogP contribution in [-0.2, 0) is 17.6 Å². The van der Waals surface area contributed by atoms with Crippen LogP contribution in [0.25, 0.3) is 6.08 Å². The van der Waals surface area contributed by atoms with Crippen LogP contribution in [0.5, 0.6) is 0 Å². The van der Waals surface area contributed by atoms with Gasteiger partial charge in [0.2, 0.25) is 5.91 Å². The quantitative estimate of drug-likeness (QED) is 0.460. The number of halogens is 1. The van der Waals surface area contributed by atoms with Crippen LogP contribution in [0.15, 0.2) is 24.3 Å². The Morgan fingerprint density at radius 1 is 1.35 bits per heavy atom. The largest absolute Gasteiger partial charge is 0.365 e. The van der Waals surface area contributed by atoms with E-state index >= 15 is 0 Å². The number of primary amides is 1. The van der Waals surface area contributed by atoms with Gasteiger partial charge in [0.25, 0.3) is 11.6 Å². The number of aryl methyl sites for hydroxylation is 1. The first-order valence-electron chi connectivity index (χ1n) is 7.74. The highest BCUT2D eigenvalue weighted by Crippen LogP contribution is 2.38. The number of carbonyl (C=O) groups is 2. The molecule has 7 nitrogen and oxygen atoms in total. The van der Waals surface area contributed by atoms with Crippen LogP contribution < -0.4 is 11.1 Å². The van der Waals surface area contributed by atoms with Crippen LogP contribution in [-0.4, -0.2) is 16.7 Å². The summed E-state index contributed by atoms with van der Waals surface area (Å²) < 4.78 is 0. The molecule has 0 aliphatic heterocycles. The standard InChI is InChI=1S/C17H14ClN3O4S/c18-11-6-4-9(8-12(11)21(24)25)5-7-14(22)20-17-15(16(19)23)10-2-1-3-13(10)26-17/h4-8H,1-3H2,(H2,19,23)(H,20,22). The zero-order valence-corrected chi connectivity index (χ0v) is 15.0. The Kier molecular flexibility index (Phi) is 5.06. The van der Waals surface area contributed by atoms with Crippen molar-refractivity contribution in [3.63, 3.8) is 0 Å². The molecule has 3 rings (SSSR count). The molecule has 1 aromatic carbocycles. The molecule has 2 amide bonds. The summed E-state index contributed by atoms with van der Waals surface area (Å²) in [6.45, 7) is 0. The van der Waals surface area contributed by atoms with Crippen LogP contribution in [0.3, 0.4) is 0 Å². The molecule has 1 aromatic heterocycles. The molecule has 1 aliphatic rings. The summed E-state index contributed by atoms with van der Waals surface area (Å²) in [4.78, 5) is 35.3. The average Bonchev–Trinajstić information content (AvgIpc) is 3.13. The van der Waals surface area contributed by atoms with Gasteiger partial charge in [-0.1, -0.05) is 17.7 Å². The highest BCUT2D eigenvalue weighted by atomic mass is 35.5. The molecule has 0 spiro atoms. The SMILES string of the molecule is NC(=O)c1c(NC(=O)C=Cc2ccc(Cl)c([N+](=O)[O-])c2)sc2c1CCC2. The number of hydrogen-bond acceptors (Lipinski definition) is 5. The predicted molar refractivity (Wildman–Crippen MR) is 101 cm³/mol. The van der Waals surface area contributed by atoms with Gasteiger partial charge in [0.1, 0.15) is 10.0 Å². The molecule has 9 heteroatoms. The lowest BCUT2D eigenvalue weighted by molar-refractivity contribution is -0.384. The van der Waals surface area contributed by atoms with Crippen molar-refractivity contribution >= 4 is 51.5 Å². The second-order valence-corrected chi connectivity index (χ2v) is 7.23. The molecule has 3 N–H and O–H groups in total. The number of rotatable bonds is 5. The maximum atomic E-state index is 12.2. The van der Waals surface area contributed by atoms with Gasteiger partial charge < -0.3 is 11.1 Å². The lowest BCUT2D eigenvalue weighted by atomic mass is 10.1. The van der Waals surface area contributed by atoms with Gasteiger partial charge in [-0.15, -0.1) is 11.3 Å². The fraction of sp³-hybridized carbons (Fsp3) is 0.176. The number of fused-ring (bicyclic) bond motifs is 1. The Bertz CT molecular complexity index is 952. The lowest BCUT2D eigenvalue weighted by Crippen LogP contribution is -2.16. The summed E-state index contributed by atoms with van der Waals surface area (Å²) in [5.41, 5.74) is 6.98. The number of nitro benzene ring substituents is 1. The van der Waals surface area contributed by atoms with Crippen molar-refractivity contribution < 1.29 is 14.5 Å². The summed E-state index contributed by atoms with van der Waals surface area (Å²) in [5, 5.41) is 14.0. The smallest absolute Gasteiger partial charge is 0.288 e. The Labute approximate surface area is 157 Å². The number of nitro groups is 1. The average molecular weight is 392 g/mol. The molecule has 26 heavy (non-hydrogen) atoms. The summed E-state index contributed by atoms with van der Waals surface area (Å²) in [5.74, 6) is -1.01. The summed E-state index contributed by atoms with van der Waals surface area (Å²) in [7, 11) is 0.